The van der Waals surface area contributed by atoms with Crippen molar-refractivity contribution in [2.24, 2.45) is 15.5 Å². The van der Waals surface area contributed by atoms with Crippen LogP contribution >= 0.6 is 63.7 Å². The molecule has 0 amide bonds. The fourth-order valence-electron chi connectivity index (χ4n) is 2.73. The highest BCUT2D eigenvalue weighted by Gasteiger charge is 2.04. The van der Waals surface area contributed by atoms with E-state index in [1.54, 1.807) is 25.4 Å². The molecule has 0 heterocycles. The molecule has 0 aliphatic heterocycles. The van der Waals surface area contributed by atoms with Crippen molar-refractivity contribution in [1.29, 1.82) is 0 Å². The van der Waals surface area contributed by atoms with Crippen LogP contribution in [0.25, 0.3) is 0 Å². The molecule has 0 spiro atoms. The maximum Gasteiger partial charge on any atom is 0.124 e. The predicted octanol–water partition coefficient (Wildman–Crippen LogP) is 8.97. The average molecular weight is 781 g/mol. The Bertz CT molecular complexity index is 1220. The molecule has 0 aromatic heterocycles. The molecule has 11 heteroatoms. The molecule has 0 aliphatic carbocycles. The van der Waals surface area contributed by atoms with E-state index in [0.29, 0.717) is 10.2 Å². The summed E-state index contributed by atoms with van der Waals surface area (Å²) >= 11 is 13.5. The van der Waals surface area contributed by atoms with Gasteiger partial charge in [-0.15, -0.1) is 0 Å². The zero-order valence-corrected chi connectivity index (χ0v) is 27.6. The lowest BCUT2D eigenvalue weighted by Gasteiger charge is -2.02. The summed E-state index contributed by atoms with van der Waals surface area (Å²) < 4.78 is 16.6. The molecule has 0 saturated carbocycles. The van der Waals surface area contributed by atoms with Gasteiger partial charge in [0.25, 0.3) is 0 Å². The minimum absolute atomic E-state index is 0.277. The summed E-state index contributed by atoms with van der Waals surface area (Å²) in [7, 11) is 4.55. The van der Waals surface area contributed by atoms with Crippen LogP contribution in [0, 0.1) is 5.82 Å². The molecule has 0 aliphatic rings. The van der Waals surface area contributed by atoms with Crippen LogP contribution in [-0.4, -0.2) is 39.5 Å². The Labute approximate surface area is 256 Å². The molecule has 6 nitrogen and oxygen atoms in total. The minimum Gasteiger partial charge on any atom is -0.399 e. The second-order valence-corrected chi connectivity index (χ2v) is 10.6. The quantitative estimate of drug-likeness (QED) is 0.170. The van der Waals surface area contributed by atoms with E-state index in [-0.39, 0.29) is 5.82 Å². The molecule has 0 N–H and O–H groups in total. The van der Waals surface area contributed by atoms with Gasteiger partial charge in [-0.05, 0) is 86.3 Å². The van der Waals surface area contributed by atoms with E-state index in [1.165, 1.54) is 44.6 Å². The summed E-state index contributed by atoms with van der Waals surface area (Å²) in [5.74, 6) is -0.277. The summed E-state index contributed by atoms with van der Waals surface area (Å²) in [5.41, 5.74) is 3.92. The first-order chi connectivity index (χ1) is 18.2. The van der Waals surface area contributed by atoms with Gasteiger partial charge in [0.05, 0.1) is 5.71 Å². The van der Waals surface area contributed by atoms with Crippen molar-refractivity contribution in [2.75, 3.05) is 21.3 Å². The SMILES string of the molecule is CON=C(C)c1ccc(F)cc1Br.CON=CCc1ccc(Br)c(Br)c1.CON=CCc1ccccc1Br. The van der Waals surface area contributed by atoms with Gasteiger partial charge in [0.1, 0.15) is 27.1 Å². The Hall–Kier alpha value is -2.08. The van der Waals surface area contributed by atoms with E-state index in [0.717, 1.165) is 31.8 Å². The van der Waals surface area contributed by atoms with Gasteiger partial charge >= 0.3 is 0 Å². The highest BCUT2D eigenvalue weighted by atomic mass is 79.9. The van der Waals surface area contributed by atoms with Crippen molar-refractivity contribution in [1.82, 2.24) is 0 Å². The van der Waals surface area contributed by atoms with Crippen LogP contribution in [0.3, 0.4) is 0 Å². The molecule has 38 heavy (non-hydrogen) atoms. The zero-order valence-electron chi connectivity index (χ0n) is 21.3. The minimum atomic E-state index is -0.277. The van der Waals surface area contributed by atoms with Gasteiger partial charge in [-0.3, -0.25) is 0 Å². The third-order valence-electron chi connectivity index (χ3n) is 4.49. The first-order valence-corrected chi connectivity index (χ1v) is 14.2. The smallest absolute Gasteiger partial charge is 0.124 e. The first kappa shape index (κ1) is 33.9. The van der Waals surface area contributed by atoms with Crippen molar-refractivity contribution in [3.05, 3.63) is 101 Å². The summed E-state index contributed by atoms with van der Waals surface area (Å²) in [6, 6.07) is 18.6. The van der Waals surface area contributed by atoms with Crippen LogP contribution in [-0.2, 0) is 27.4 Å². The Morgan fingerprint density at radius 3 is 1.97 bits per heavy atom. The van der Waals surface area contributed by atoms with E-state index in [9.17, 15) is 4.39 Å². The number of hydrogen-bond donors (Lipinski definition) is 0. The van der Waals surface area contributed by atoms with Crippen LogP contribution in [0.4, 0.5) is 4.39 Å². The molecule has 0 atom stereocenters. The van der Waals surface area contributed by atoms with Crippen LogP contribution in [0.2, 0.25) is 0 Å². The van der Waals surface area contributed by atoms with E-state index in [4.69, 9.17) is 0 Å². The van der Waals surface area contributed by atoms with Crippen LogP contribution in [0.1, 0.15) is 23.6 Å². The van der Waals surface area contributed by atoms with Crippen molar-refractivity contribution in [3.8, 4) is 0 Å². The molecule has 0 radical (unpaired) electrons. The third kappa shape index (κ3) is 13.6. The Kier molecular flexibility index (Phi) is 17.8. The Morgan fingerprint density at radius 2 is 1.39 bits per heavy atom. The highest BCUT2D eigenvalue weighted by Crippen LogP contribution is 2.23. The maximum atomic E-state index is 12.7. The fourth-order valence-corrected chi connectivity index (χ4v) is 4.48. The second kappa shape index (κ2) is 19.9. The number of nitrogens with zero attached hydrogens (tertiary/aromatic N) is 3. The molecule has 3 aromatic carbocycles. The molecule has 0 saturated heterocycles. The van der Waals surface area contributed by atoms with Crippen molar-refractivity contribution >= 4 is 81.9 Å². The average Bonchev–Trinajstić information content (AvgIpc) is 2.88. The largest absolute Gasteiger partial charge is 0.399 e. The van der Waals surface area contributed by atoms with Gasteiger partial charge in [0.2, 0.25) is 0 Å². The molecular formula is C27H28Br4FN3O3. The first-order valence-electron chi connectivity index (χ1n) is 11.0. The van der Waals surface area contributed by atoms with Gasteiger partial charge in [0.15, 0.2) is 0 Å². The summed E-state index contributed by atoms with van der Waals surface area (Å²) in [6.45, 7) is 1.79. The number of rotatable bonds is 8. The number of oxime groups is 3. The van der Waals surface area contributed by atoms with Gasteiger partial charge in [-0.1, -0.05) is 71.6 Å². The van der Waals surface area contributed by atoms with E-state index in [2.05, 4.69) is 93.7 Å². The van der Waals surface area contributed by atoms with Gasteiger partial charge < -0.3 is 14.5 Å². The monoisotopic (exact) mass is 777 g/mol. The van der Waals surface area contributed by atoms with Gasteiger partial charge in [-0.2, -0.15) is 0 Å². The molecule has 0 fully saturated rings. The van der Waals surface area contributed by atoms with Crippen LogP contribution < -0.4 is 0 Å². The topological polar surface area (TPSA) is 64.8 Å². The van der Waals surface area contributed by atoms with Gasteiger partial charge in [-0.25, -0.2) is 4.39 Å². The molecule has 0 bridgehead atoms. The molecule has 0 unspecified atom stereocenters. The van der Waals surface area contributed by atoms with Crippen LogP contribution in [0.15, 0.2) is 94.0 Å². The lowest BCUT2D eigenvalue weighted by atomic mass is 10.1. The number of halogens is 5. The van der Waals surface area contributed by atoms with Crippen molar-refractivity contribution in [3.63, 3.8) is 0 Å². The molecule has 3 rings (SSSR count). The lowest BCUT2D eigenvalue weighted by molar-refractivity contribution is 0.213. The predicted molar refractivity (Wildman–Crippen MR) is 168 cm³/mol. The Balaban J connectivity index is 0.000000285. The summed E-state index contributed by atoms with van der Waals surface area (Å²) in [6.07, 6.45) is 5.03. The number of benzene rings is 3. The maximum absolute atomic E-state index is 12.7. The zero-order chi connectivity index (χ0) is 28.3. The highest BCUT2D eigenvalue weighted by molar-refractivity contribution is 9.13. The standard InChI is InChI=1S/C9H9Br2NO.C9H9BrFNO.C9H10BrNO/c1-13-12-5-4-7-2-3-8(10)9(11)6-7;1-6(12-13-2)8-4-3-7(11)5-9(8)10;1-12-11-7-6-8-4-2-3-5-9(8)10/h2-3,5-6H,4H2,1H3;3-5H,1-2H3;2-5,7H,6H2,1H3. The summed E-state index contributed by atoms with van der Waals surface area (Å²) in [4.78, 5) is 13.7. The van der Waals surface area contributed by atoms with Crippen LogP contribution in [0.5, 0.6) is 0 Å². The molecule has 204 valence electrons. The van der Waals surface area contributed by atoms with Crippen molar-refractivity contribution in [2.45, 2.75) is 19.8 Å². The normalized spacial score (nSPS) is 10.9. The Morgan fingerprint density at radius 1 is 0.737 bits per heavy atom. The van der Waals surface area contributed by atoms with E-state index < -0.39 is 0 Å². The van der Waals surface area contributed by atoms with Crippen molar-refractivity contribution < 1.29 is 18.9 Å². The van der Waals surface area contributed by atoms with E-state index >= 15 is 0 Å². The number of hydrogen-bond acceptors (Lipinski definition) is 6. The van der Waals surface area contributed by atoms with E-state index in [1.807, 2.05) is 42.5 Å². The molecule has 3 aromatic rings. The molecular weight excluding hydrogens is 753 g/mol. The third-order valence-corrected chi connectivity index (χ3v) is 7.80. The fraction of sp³-hybridized carbons (Fsp3) is 0.222. The second-order valence-electron chi connectivity index (χ2n) is 7.17. The lowest BCUT2D eigenvalue weighted by Crippen LogP contribution is -1.97. The van der Waals surface area contributed by atoms with Gasteiger partial charge in [0, 0.05) is 48.7 Å². The summed E-state index contributed by atoms with van der Waals surface area (Å²) in [5, 5.41) is 11.1.